The second-order valence-corrected chi connectivity index (χ2v) is 7.49. The van der Waals surface area contributed by atoms with E-state index in [0.29, 0.717) is 12.1 Å². The average molecular weight is 406 g/mol. The van der Waals surface area contributed by atoms with Gasteiger partial charge in [-0.25, -0.2) is 4.68 Å². The molecule has 4 rings (SSSR count). The Hall–Kier alpha value is -3.10. The van der Waals surface area contributed by atoms with Gasteiger partial charge >= 0.3 is 0 Å². The highest BCUT2D eigenvalue weighted by Gasteiger charge is 2.25. The molecule has 0 spiro atoms. The number of carbonyl (C=O) groups is 1. The lowest BCUT2D eigenvalue weighted by atomic mass is 10.1. The molecule has 0 saturated carbocycles. The normalized spacial score (nSPS) is 15.6. The van der Waals surface area contributed by atoms with Gasteiger partial charge in [-0.05, 0) is 41.1 Å². The number of hydrogen-bond donors (Lipinski definition) is 0. The van der Waals surface area contributed by atoms with Crippen LogP contribution in [0.2, 0.25) is 0 Å². The highest BCUT2D eigenvalue weighted by atomic mass is 16.5. The number of aromatic nitrogens is 4. The number of ether oxygens (including phenoxy) is 1. The molecule has 0 N–H and O–H groups in total. The van der Waals surface area contributed by atoms with E-state index in [0.717, 1.165) is 44.1 Å². The van der Waals surface area contributed by atoms with E-state index in [4.69, 9.17) is 4.74 Å². The Morgan fingerprint density at radius 1 is 1.13 bits per heavy atom. The Balaban J connectivity index is 1.57. The highest BCUT2D eigenvalue weighted by molar-refractivity contribution is 5.95. The van der Waals surface area contributed by atoms with Gasteiger partial charge in [-0.2, -0.15) is 0 Å². The van der Waals surface area contributed by atoms with Crippen molar-refractivity contribution in [1.82, 2.24) is 30.0 Å². The number of rotatable bonds is 7. The Kier molecular flexibility index (Phi) is 6.46. The molecular formula is C22H26N6O2. The highest BCUT2D eigenvalue weighted by Crippen LogP contribution is 2.17. The lowest BCUT2D eigenvalue weighted by Crippen LogP contribution is -2.48. The number of carbonyl (C=O) groups excluding carboxylic acids is 1. The Morgan fingerprint density at radius 3 is 2.67 bits per heavy atom. The minimum absolute atomic E-state index is 0.00506. The number of amides is 1. The second-order valence-electron chi connectivity index (χ2n) is 7.49. The van der Waals surface area contributed by atoms with E-state index < -0.39 is 0 Å². The van der Waals surface area contributed by atoms with Gasteiger partial charge in [0.2, 0.25) is 0 Å². The van der Waals surface area contributed by atoms with E-state index in [2.05, 4.69) is 39.5 Å². The van der Waals surface area contributed by atoms with Crippen LogP contribution in [0, 0.1) is 0 Å². The van der Waals surface area contributed by atoms with Crippen molar-refractivity contribution in [2.75, 3.05) is 32.8 Å². The smallest absolute Gasteiger partial charge is 0.254 e. The summed E-state index contributed by atoms with van der Waals surface area (Å²) >= 11 is 0. The van der Waals surface area contributed by atoms with Crippen LogP contribution in [-0.2, 0) is 11.3 Å². The summed E-state index contributed by atoms with van der Waals surface area (Å²) in [7, 11) is 0. The summed E-state index contributed by atoms with van der Waals surface area (Å²) in [5, 5.41) is 11.3. The van der Waals surface area contributed by atoms with Crippen molar-refractivity contribution >= 4 is 5.91 Å². The van der Waals surface area contributed by atoms with Crippen LogP contribution in [0.25, 0.3) is 5.69 Å². The van der Waals surface area contributed by atoms with E-state index in [1.54, 1.807) is 4.68 Å². The molecule has 1 atom stereocenters. The van der Waals surface area contributed by atoms with Crippen molar-refractivity contribution in [3.8, 4) is 5.69 Å². The summed E-state index contributed by atoms with van der Waals surface area (Å²) in [5.41, 5.74) is 2.48. The van der Waals surface area contributed by atoms with Gasteiger partial charge in [0.05, 0.1) is 18.9 Å². The monoisotopic (exact) mass is 406 g/mol. The van der Waals surface area contributed by atoms with E-state index in [1.807, 2.05) is 47.4 Å². The van der Waals surface area contributed by atoms with Gasteiger partial charge in [-0.15, -0.1) is 5.10 Å². The van der Waals surface area contributed by atoms with Crippen LogP contribution >= 0.6 is 0 Å². The standard InChI is InChI=1S/C22H26N6O2/c1-18(15-26-10-12-30-13-11-26)27(16-19-6-3-2-4-7-19)22(29)20-8-5-9-21(14-20)28-17-23-24-25-28/h2-9,14,17-18H,10-13,15-16H2,1H3. The zero-order valence-corrected chi connectivity index (χ0v) is 17.1. The number of morpholine rings is 1. The van der Waals surface area contributed by atoms with Crippen LogP contribution < -0.4 is 0 Å². The van der Waals surface area contributed by atoms with E-state index in [1.165, 1.54) is 6.33 Å². The van der Waals surface area contributed by atoms with Crippen LogP contribution in [0.1, 0.15) is 22.8 Å². The molecular weight excluding hydrogens is 380 g/mol. The van der Waals surface area contributed by atoms with E-state index in [9.17, 15) is 4.79 Å². The molecule has 1 fully saturated rings. The summed E-state index contributed by atoms with van der Waals surface area (Å²) in [4.78, 5) is 17.9. The molecule has 0 bridgehead atoms. The fourth-order valence-corrected chi connectivity index (χ4v) is 3.69. The first-order valence-electron chi connectivity index (χ1n) is 10.2. The SMILES string of the molecule is CC(CN1CCOCC1)N(Cc1ccccc1)C(=O)c1cccc(-n2cnnn2)c1. The first-order chi connectivity index (χ1) is 14.7. The Bertz CT molecular complexity index is 941. The lowest BCUT2D eigenvalue weighted by Gasteiger charge is -2.35. The molecule has 0 aliphatic carbocycles. The van der Waals surface area contributed by atoms with Crippen LogP contribution in [0.15, 0.2) is 60.9 Å². The molecule has 8 nitrogen and oxygen atoms in total. The number of benzene rings is 2. The number of nitrogens with zero attached hydrogens (tertiary/aromatic N) is 6. The fraction of sp³-hybridized carbons (Fsp3) is 0.364. The maximum Gasteiger partial charge on any atom is 0.254 e. The van der Waals surface area contributed by atoms with Crippen molar-refractivity contribution in [3.63, 3.8) is 0 Å². The molecule has 1 aromatic heterocycles. The van der Waals surface area contributed by atoms with Crippen molar-refractivity contribution in [2.45, 2.75) is 19.5 Å². The molecule has 1 saturated heterocycles. The van der Waals surface area contributed by atoms with Crippen molar-refractivity contribution < 1.29 is 9.53 Å². The van der Waals surface area contributed by atoms with Crippen LogP contribution in [0.3, 0.4) is 0 Å². The number of hydrogen-bond acceptors (Lipinski definition) is 6. The summed E-state index contributed by atoms with van der Waals surface area (Å²) in [6.07, 6.45) is 1.52. The molecule has 3 aromatic rings. The third kappa shape index (κ3) is 4.90. The van der Waals surface area contributed by atoms with Crippen molar-refractivity contribution in [3.05, 3.63) is 72.1 Å². The Labute approximate surface area is 176 Å². The molecule has 156 valence electrons. The van der Waals surface area contributed by atoms with Gasteiger partial charge in [0, 0.05) is 37.8 Å². The van der Waals surface area contributed by atoms with Crippen LogP contribution in [0.5, 0.6) is 0 Å². The first kappa shape index (κ1) is 20.2. The Morgan fingerprint density at radius 2 is 1.93 bits per heavy atom. The number of tetrazole rings is 1. The summed E-state index contributed by atoms with van der Waals surface area (Å²) in [5.74, 6) is -0.00506. The van der Waals surface area contributed by atoms with Crippen LogP contribution in [-0.4, -0.2) is 74.8 Å². The van der Waals surface area contributed by atoms with Gasteiger partial charge < -0.3 is 9.64 Å². The zero-order chi connectivity index (χ0) is 20.8. The minimum atomic E-state index is -0.00506. The van der Waals surface area contributed by atoms with Crippen molar-refractivity contribution in [2.24, 2.45) is 0 Å². The average Bonchev–Trinajstić information content (AvgIpc) is 3.33. The molecule has 1 aliphatic rings. The molecule has 0 radical (unpaired) electrons. The largest absolute Gasteiger partial charge is 0.379 e. The zero-order valence-electron chi connectivity index (χ0n) is 17.1. The van der Waals surface area contributed by atoms with E-state index >= 15 is 0 Å². The van der Waals surface area contributed by atoms with Gasteiger partial charge in [0.15, 0.2) is 0 Å². The van der Waals surface area contributed by atoms with Crippen molar-refractivity contribution in [1.29, 1.82) is 0 Å². The molecule has 1 aliphatic heterocycles. The van der Waals surface area contributed by atoms with Gasteiger partial charge in [0.25, 0.3) is 5.91 Å². The predicted octanol–water partition coefficient (Wildman–Crippen LogP) is 2.03. The summed E-state index contributed by atoms with van der Waals surface area (Å²) in [6, 6.07) is 17.6. The molecule has 8 heteroatoms. The molecule has 2 aromatic carbocycles. The van der Waals surface area contributed by atoms with Gasteiger partial charge in [-0.3, -0.25) is 9.69 Å². The summed E-state index contributed by atoms with van der Waals surface area (Å²) < 4.78 is 7.01. The molecule has 1 amide bonds. The first-order valence-corrected chi connectivity index (χ1v) is 10.2. The quantitative estimate of drug-likeness (QED) is 0.598. The molecule has 2 heterocycles. The predicted molar refractivity (Wildman–Crippen MR) is 112 cm³/mol. The third-order valence-electron chi connectivity index (χ3n) is 5.32. The van der Waals surface area contributed by atoms with Gasteiger partial charge in [-0.1, -0.05) is 36.4 Å². The topological polar surface area (TPSA) is 76.4 Å². The van der Waals surface area contributed by atoms with Crippen LogP contribution in [0.4, 0.5) is 0 Å². The third-order valence-corrected chi connectivity index (χ3v) is 5.32. The maximum absolute atomic E-state index is 13.6. The second kappa shape index (κ2) is 9.60. The van der Waals surface area contributed by atoms with E-state index in [-0.39, 0.29) is 11.9 Å². The maximum atomic E-state index is 13.6. The molecule has 30 heavy (non-hydrogen) atoms. The fourth-order valence-electron chi connectivity index (χ4n) is 3.69. The summed E-state index contributed by atoms with van der Waals surface area (Å²) in [6.45, 7) is 6.76. The van der Waals surface area contributed by atoms with Gasteiger partial charge in [0.1, 0.15) is 6.33 Å². The lowest BCUT2D eigenvalue weighted by molar-refractivity contribution is 0.0228. The molecule has 1 unspecified atom stereocenters. The minimum Gasteiger partial charge on any atom is -0.379 e.